The van der Waals surface area contributed by atoms with Gasteiger partial charge in [0.1, 0.15) is 17.4 Å². The number of fused-ring (bicyclic) bond motifs is 13. The molecule has 0 bridgehead atoms. The molecule has 0 saturated carbocycles. The quantitative estimate of drug-likeness (QED) is 0.147. The van der Waals surface area contributed by atoms with Crippen LogP contribution in [0, 0.1) is 0 Å². The van der Waals surface area contributed by atoms with E-state index in [1.165, 1.54) is 52.6 Å². The highest BCUT2D eigenvalue weighted by Crippen LogP contribution is 2.21. The SMILES string of the molecule is c1cc2occc2cn1.c1cc2sccc2cn1.c1cc2scnc2cn1.c1ccc2[nH]ncc2c1.c1ccc2cnccc2c1.c1ccc2cnncc2c1.c1ccc2ncccc2c1.c1ccc2nccnc2c1.c1ccc2ncncc2c1.c1ccc2oncc2c1.c1ccc2sncc2c1.c1cnc2cnoc2c1.c1cnc2ncccc2c1. The summed E-state index contributed by atoms with van der Waals surface area (Å²) in [6.07, 6.45) is 40.4. The Morgan fingerprint density at radius 3 is 1.42 bits per heavy atom. The summed E-state index contributed by atoms with van der Waals surface area (Å²) in [7, 11) is 0. The minimum atomic E-state index is 0.734. The summed E-state index contributed by atoms with van der Waals surface area (Å²) in [6, 6.07) is 91.2. The number of rotatable bonds is 0. The molecule has 123 heavy (non-hydrogen) atoms. The zero-order valence-electron chi connectivity index (χ0n) is 65.4. The van der Waals surface area contributed by atoms with Gasteiger partial charge in [0, 0.05) is 152 Å². The lowest BCUT2D eigenvalue weighted by atomic mass is 10.2. The first kappa shape index (κ1) is 83.0. The van der Waals surface area contributed by atoms with Gasteiger partial charge in [0.25, 0.3) is 0 Å². The summed E-state index contributed by atoms with van der Waals surface area (Å²) < 4.78 is 22.6. The van der Waals surface area contributed by atoms with Gasteiger partial charge in [-0.1, -0.05) is 162 Å². The van der Waals surface area contributed by atoms with Crippen molar-refractivity contribution >= 4 is 174 Å². The van der Waals surface area contributed by atoms with E-state index in [1.54, 1.807) is 116 Å². The fraction of sp³-hybridized carbons (Fsp3) is 0. The number of aromatic nitrogens is 20. The molecule has 0 amide bonds. The zero-order valence-corrected chi connectivity index (χ0v) is 67.9. The Hall–Kier alpha value is -16.6. The Labute approximate surface area is 715 Å². The molecule has 1 N–H and O–H groups in total. The molecule has 0 atom stereocenters. The van der Waals surface area contributed by atoms with Crippen molar-refractivity contribution < 1.29 is 13.5 Å². The third-order valence-electron chi connectivity index (χ3n) is 17.3. The molecule has 0 unspecified atom stereocenters. The predicted molar refractivity (Wildman–Crippen MR) is 494 cm³/mol. The Morgan fingerprint density at radius 1 is 0.252 bits per heavy atom. The Morgan fingerprint density at radius 2 is 0.756 bits per heavy atom. The van der Waals surface area contributed by atoms with Gasteiger partial charge in [-0.25, -0.2) is 24.9 Å². The van der Waals surface area contributed by atoms with Gasteiger partial charge in [0.2, 0.25) is 0 Å². The average Bonchev–Trinajstić information content (AvgIpc) is 0.988. The van der Waals surface area contributed by atoms with Gasteiger partial charge in [-0.05, 0) is 155 Å². The third-order valence-corrected chi connectivity index (χ3v) is 19.8. The smallest absolute Gasteiger partial charge is 0.185 e. The normalized spacial score (nSPS) is 10.1. The summed E-state index contributed by atoms with van der Waals surface area (Å²) >= 11 is 4.92. The number of thiazole rings is 1. The molecule has 26 rings (SSSR count). The van der Waals surface area contributed by atoms with E-state index < -0.39 is 0 Å². The number of para-hydroxylation sites is 6. The maximum absolute atomic E-state index is 5.08. The van der Waals surface area contributed by atoms with E-state index in [9.17, 15) is 0 Å². The van der Waals surface area contributed by atoms with Crippen LogP contribution >= 0.6 is 34.2 Å². The Balaban J connectivity index is 0.000000109. The lowest BCUT2D eigenvalue weighted by Crippen LogP contribution is -1.78. The van der Waals surface area contributed by atoms with Crippen LogP contribution in [-0.4, -0.2) is 99.9 Å². The minimum Gasteiger partial charge on any atom is -0.464 e. The molecule has 0 fully saturated rings. The van der Waals surface area contributed by atoms with Crippen molar-refractivity contribution in [2.45, 2.75) is 0 Å². The number of benzene rings is 8. The van der Waals surface area contributed by atoms with E-state index in [-0.39, 0.29) is 0 Å². The van der Waals surface area contributed by atoms with Gasteiger partial charge in [-0.3, -0.25) is 45.0 Å². The van der Waals surface area contributed by atoms with Gasteiger partial charge >= 0.3 is 0 Å². The van der Waals surface area contributed by atoms with Crippen molar-refractivity contribution in [3.8, 4) is 0 Å². The monoisotopic (exact) mass is 1660 g/mol. The number of H-pyrrole nitrogens is 1. The predicted octanol–water partition coefficient (Wildman–Crippen LogP) is 23.7. The summed E-state index contributed by atoms with van der Waals surface area (Å²) in [5.74, 6) is 0. The van der Waals surface area contributed by atoms with Crippen molar-refractivity contribution in [1.29, 1.82) is 0 Å². The highest BCUT2D eigenvalue weighted by molar-refractivity contribution is 7.17. The first-order valence-electron chi connectivity index (χ1n) is 38.1. The van der Waals surface area contributed by atoms with Crippen LogP contribution in [0.2, 0.25) is 0 Å². The van der Waals surface area contributed by atoms with Gasteiger partial charge < -0.3 is 13.5 Å². The van der Waals surface area contributed by atoms with Crippen LogP contribution in [0.1, 0.15) is 0 Å². The molecular formula is C97H72N20O3S3. The molecule has 23 nitrogen and oxygen atoms in total. The van der Waals surface area contributed by atoms with Crippen LogP contribution in [0.15, 0.2) is 446 Å². The minimum absolute atomic E-state index is 0.734. The summed E-state index contributed by atoms with van der Waals surface area (Å²) in [5, 5.41) is 37.4. The lowest BCUT2D eigenvalue weighted by molar-refractivity contribution is 0.456. The summed E-state index contributed by atoms with van der Waals surface area (Å²) in [6.45, 7) is 0. The van der Waals surface area contributed by atoms with Crippen LogP contribution in [0.25, 0.3) is 140 Å². The molecule has 18 heterocycles. The van der Waals surface area contributed by atoms with Gasteiger partial charge in [-0.2, -0.15) is 19.7 Å². The van der Waals surface area contributed by atoms with Crippen LogP contribution in [0.4, 0.5) is 0 Å². The molecule has 596 valence electrons. The van der Waals surface area contributed by atoms with Gasteiger partial charge in [0.05, 0.1) is 91.5 Å². The number of nitrogens with one attached hydrogen (secondary N) is 1. The van der Waals surface area contributed by atoms with E-state index >= 15 is 0 Å². The van der Waals surface area contributed by atoms with E-state index in [4.69, 9.17) is 13.5 Å². The van der Waals surface area contributed by atoms with E-state index in [0.29, 0.717) is 0 Å². The number of aromatic amines is 1. The second kappa shape index (κ2) is 45.8. The maximum atomic E-state index is 5.08. The largest absolute Gasteiger partial charge is 0.464 e. The second-order valence-corrected chi connectivity index (χ2v) is 28.1. The van der Waals surface area contributed by atoms with E-state index in [1.807, 2.05) is 292 Å². The van der Waals surface area contributed by atoms with E-state index in [0.717, 1.165) is 98.7 Å². The number of pyridine rings is 8. The molecular weight excluding hydrogens is 1590 g/mol. The van der Waals surface area contributed by atoms with Crippen LogP contribution in [0.3, 0.4) is 0 Å². The maximum Gasteiger partial charge on any atom is 0.185 e. The number of hydrogen-bond donors (Lipinski definition) is 1. The molecule has 0 aliphatic carbocycles. The molecule has 18 aromatic heterocycles. The molecule has 0 aliphatic rings. The van der Waals surface area contributed by atoms with Gasteiger partial charge in [-0.15, -0.1) is 22.7 Å². The van der Waals surface area contributed by atoms with E-state index in [2.05, 4.69) is 148 Å². The van der Waals surface area contributed by atoms with Crippen LogP contribution in [0.5, 0.6) is 0 Å². The first-order chi connectivity index (χ1) is 61.1. The van der Waals surface area contributed by atoms with Crippen molar-refractivity contribution in [3.63, 3.8) is 0 Å². The van der Waals surface area contributed by atoms with Crippen LogP contribution < -0.4 is 0 Å². The molecule has 26 heteroatoms. The van der Waals surface area contributed by atoms with Gasteiger partial charge in [0.15, 0.2) is 16.8 Å². The second-order valence-electron chi connectivity index (χ2n) is 25.5. The highest BCUT2D eigenvalue weighted by Gasteiger charge is 1.99. The Bertz CT molecular complexity index is 5750. The summed E-state index contributed by atoms with van der Waals surface area (Å²) in [5.41, 5.74) is 12.0. The third kappa shape index (κ3) is 25.5. The van der Waals surface area contributed by atoms with Crippen molar-refractivity contribution in [3.05, 3.63) is 433 Å². The number of nitrogens with zero attached hydrogens (tertiary/aromatic N) is 19. The molecule has 0 saturated heterocycles. The topological polar surface area (TPSA) is 300 Å². The molecule has 26 aromatic rings. The molecule has 0 spiro atoms. The van der Waals surface area contributed by atoms with Crippen LogP contribution in [-0.2, 0) is 0 Å². The zero-order chi connectivity index (χ0) is 83.6. The number of hydrogen-bond acceptors (Lipinski definition) is 25. The fourth-order valence-electron chi connectivity index (χ4n) is 11.3. The first-order valence-corrected chi connectivity index (χ1v) is 40.6. The lowest BCUT2D eigenvalue weighted by Gasteiger charge is -1.91. The summed E-state index contributed by atoms with van der Waals surface area (Å²) in [4.78, 5) is 52.4. The van der Waals surface area contributed by atoms with Crippen molar-refractivity contribution in [1.82, 2.24) is 99.9 Å². The Kier molecular flexibility index (Phi) is 30.9. The number of thiophene rings is 1. The van der Waals surface area contributed by atoms with Crippen molar-refractivity contribution in [2.24, 2.45) is 0 Å². The average molecular weight is 1660 g/mol. The standard InChI is InChI=1S/2C9H7N.4C8H6N2.C7H6N2.2C7H5NO.2C7H5NS.C6H4N2O.C6H4N2S/c1-2-6-9-8(4-1)5-3-7-10-9;1-2-4-9-7-10-6-5-8(9)3-1;1-3-7-4-2-6-10-8(7)9-5-1;1-2-4-8-7(3-1)5-9-6-10-8;1-2-4-8-6-10-9-5-7(8)3-1;1-2-4-8-7(3-1)9-5-6-10-8;1-2-4-7-6(3-1)5-8-9-7;1-3-8-5-6-2-4-9-7(1)6;1-2-4-7-6(3-1)5-8-9-7;1-3-8-5-6-2-4-9-7(1)6;1-2-4-7-6(3-1)5-8-9-7;1-2-6-5(7-3-1)4-8-9-6;1-2-7-3-5-6(1)9-4-8-5/h2*1-7H;4*1-6H;1-5H,(H,8,9);4*1-5H;2*1-4H. The molecule has 0 aliphatic heterocycles. The molecule has 0 radical (unpaired) electrons. The molecule has 8 aromatic carbocycles. The number of furan rings is 1. The fourth-order valence-corrected chi connectivity index (χ4v) is 13.3. The van der Waals surface area contributed by atoms with Crippen molar-refractivity contribution in [2.75, 3.05) is 0 Å². The highest BCUT2D eigenvalue weighted by atomic mass is 32.1.